The van der Waals surface area contributed by atoms with Gasteiger partial charge in [0.1, 0.15) is 5.75 Å². The van der Waals surface area contributed by atoms with Crippen molar-refractivity contribution in [2.24, 2.45) is 5.92 Å². The first kappa shape index (κ1) is 12.1. The maximum atomic E-state index is 11.6. The summed E-state index contributed by atoms with van der Waals surface area (Å²) >= 11 is 0. The molecule has 0 amide bonds. The van der Waals surface area contributed by atoms with Crippen LogP contribution < -0.4 is 4.74 Å². The molecule has 0 saturated carbocycles. The Bertz CT molecular complexity index is 598. The Morgan fingerprint density at radius 1 is 1.11 bits per heavy atom. The zero-order chi connectivity index (χ0) is 13.1. The second kappa shape index (κ2) is 4.87. The normalized spacial score (nSPS) is 12.1. The molecule has 1 N–H and O–H groups in total. The van der Waals surface area contributed by atoms with Gasteiger partial charge in [-0.25, -0.2) is 0 Å². The quantitative estimate of drug-likeness (QED) is 0.511. The molecular weight excluding hydrogens is 232 g/mol. The number of carboxylic acids is 1. The molecule has 0 aromatic heterocycles. The van der Waals surface area contributed by atoms with Crippen LogP contribution in [0.15, 0.2) is 42.5 Å². The van der Waals surface area contributed by atoms with Gasteiger partial charge in [-0.05, 0) is 18.4 Å². The van der Waals surface area contributed by atoms with Gasteiger partial charge >= 0.3 is 11.9 Å². The van der Waals surface area contributed by atoms with Gasteiger partial charge in [0, 0.05) is 5.39 Å². The fourth-order valence-electron chi connectivity index (χ4n) is 1.58. The largest absolute Gasteiger partial charge is 0.481 e. The van der Waals surface area contributed by atoms with E-state index in [9.17, 15) is 9.59 Å². The van der Waals surface area contributed by atoms with E-state index in [0.717, 1.165) is 10.8 Å². The van der Waals surface area contributed by atoms with Crippen LogP contribution in [0.25, 0.3) is 10.8 Å². The van der Waals surface area contributed by atoms with Crippen molar-refractivity contribution in [1.29, 1.82) is 0 Å². The minimum atomic E-state index is -1.19. The Kier molecular flexibility index (Phi) is 3.28. The van der Waals surface area contributed by atoms with E-state index in [1.165, 1.54) is 6.92 Å². The van der Waals surface area contributed by atoms with Crippen LogP contribution in [0.5, 0.6) is 5.75 Å². The molecule has 2 rings (SSSR count). The molecule has 0 fully saturated rings. The minimum absolute atomic E-state index is 0.381. The van der Waals surface area contributed by atoms with Gasteiger partial charge in [0.25, 0.3) is 0 Å². The number of carbonyl (C=O) groups is 2. The van der Waals surface area contributed by atoms with Crippen LogP contribution in [0.2, 0.25) is 0 Å². The molecular formula is C14H12O4. The molecule has 1 unspecified atom stereocenters. The van der Waals surface area contributed by atoms with Crippen molar-refractivity contribution in [2.45, 2.75) is 6.92 Å². The summed E-state index contributed by atoms with van der Waals surface area (Å²) in [6, 6.07) is 12.7. The number of rotatable bonds is 3. The van der Waals surface area contributed by atoms with Gasteiger partial charge in [0.05, 0.1) is 0 Å². The first-order chi connectivity index (χ1) is 8.59. The Balaban J connectivity index is 2.32. The molecule has 1 atom stereocenters. The van der Waals surface area contributed by atoms with Gasteiger partial charge in [-0.3, -0.25) is 9.59 Å². The molecule has 92 valence electrons. The number of carbonyl (C=O) groups excluding carboxylic acids is 1. The second-order valence-electron chi connectivity index (χ2n) is 3.96. The fraction of sp³-hybridized carbons (Fsp3) is 0.143. The average molecular weight is 244 g/mol. The highest BCUT2D eigenvalue weighted by atomic mass is 16.5. The summed E-state index contributed by atoms with van der Waals surface area (Å²) in [5.41, 5.74) is 0. The molecule has 0 aliphatic rings. The van der Waals surface area contributed by atoms with E-state index in [1.807, 2.05) is 30.3 Å². The third kappa shape index (κ3) is 2.32. The first-order valence-electron chi connectivity index (χ1n) is 5.52. The number of hydrogen-bond donors (Lipinski definition) is 1. The van der Waals surface area contributed by atoms with E-state index in [-0.39, 0.29) is 0 Å². The number of benzene rings is 2. The Morgan fingerprint density at radius 2 is 1.78 bits per heavy atom. The molecule has 0 aliphatic carbocycles. The SMILES string of the molecule is CC(C(=O)O)C(=O)Oc1cccc2ccccc12. The number of hydrogen-bond acceptors (Lipinski definition) is 3. The topological polar surface area (TPSA) is 63.6 Å². The highest BCUT2D eigenvalue weighted by molar-refractivity contribution is 5.96. The lowest BCUT2D eigenvalue weighted by atomic mass is 10.1. The van der Waals surface area contributed by atoms with Gasteiger partial charge in [-0.15, -0.1) is 0 Å². The van der Waals surface area contributed by atoms with Crippen LogP contribution in [0, 0.1) is 5.92 Å². The Labute approximate surface area is 104 Å². The summed E-state index contributed by atoms with van der Waals surface area (Å²) in [5.74, 6) is -2.76. The van der Waals surface area contributed by atoms with Crippen molar-refractivity contribution >= 4 is 22.7 Å². The monoisotopic (exact) mass is 244 g/mol. The summed E-state index contributed by atoms with van der Waals surface area (Å²) in [5, 5.41) is 10.5. The average Bonchev–Trinajstić information content (AvgIpc) is 2.38. The standard InChI is InChI=1S/C14H12O4/c1-9(13(15)16)14(17)18-12-8-4-6-10-5-2-3-7-11(10)12/h2-9H,1H3,(H,15,16). The Morgan fingerprint density at radius 3 is 2.50 bits per heavy atom. The lowest BCUT2D eigenvalue weighted by molar-refractivity contribution is -0.151. The summed E-state index contributed by atoms with van der Waals surface area (Å²) in [7, 11) is 0. The van der Waals surface area contributed by atoms with Crippen LogP contribution in [0.1, 0.15) is 6.92 Å². The van der Waals surface area contributed by atoms with Crippen molar-refractivity contribution < 1.29 is 19.4 Å². The molecule has 4 heteroatoms. The number of aliphatic carboxylic acids is 1. The van der Waals surface area contributed by atoms with Gasteiger partial charge in [0.15, 0.2) is 5.92 Å². The molecule has 2 aromatic carbocycles. The van der Waals surface area contributed by atoms with Crippen LogP contribution >= 0.6 is 0 Å². The maximum absolute atomic E-state index is 11.6. The molecule has 0 spiro atoms. The van der Waals surface area contributed by atoms with E-state index < -0.39 is 17.9 Å². The number of esters is 1. The molecule has 2 aromatic rings. The number of carboxylic acid groups (broad SMARTS) is 1. The van der Waals surface area contributed by atoms with Crippen molar-refractivity contribution in [2.75, 3.05) is 0 Å². The van der Waals surface area contributed by atoms with Crippen LogP contribution in [-0.4, -0.2) is 17.0 Å². The zero-order valence-electron chi connectivity index (χ0n) is 9.79. The highest BCUT2D eigenvalue weighted by Gasteiger charge is 2.23. The van der Waals surface area contributed by atoms with Gasteiger partial charge in [0.2, 0.25) is 0 Å². The second-order valence-corrected chi connectivity index (χ2v) is 3.96. The zero-order valence-corrected chi connectivity index (χ0v) is 9.79. The molecule has 0 aliphatic heterocycles. The third-order valence-corrected chi connectivity index (χ3v) is 2.68. The molecule has 4 nitrogen and oxygen atoms in total. The number of ether oxygens (including phenoxy) is 1. The van der Waals surface area contributed by atoms with Crippen molar-refractivity contribution in [3.05, 3.63) is 42.5 Å². The van der Waals surface area contributed by atoms with E-state index in [4.69, 9.17) is 9.84 Å². The first-order valence-corrected chi connectivity index (χ1v) is 5.52. The predicted octanol–water partition coefficient (Wildman–Crippen LogP) is 2.47. The molecule has 0 radical (unpaired) electrons. The highest BCUT2D eigenvalue weighted by Crippen LogP contribution is 2.25. The fourth-order valence-corrected chi connectivity index (χ4v) is 1.58. The molecule has 18 heavy (non-hydrogen) atoms. The summed E-state index contributed by atoms with van der Waals surface area (Å²) in [6.45, 7) is 1.30. The lowest BCUT2D eigenvalue weighted by Gasteiger charge is -2.09. The van der Waals surface area contributed by atoms with Gasteiger partial charge < -0.3 is 9.84 Å². The smallest absolute Gasteiger partial charge is 0.325 e. The van der Waals surface area contributed by atoms with Gasteiger partial charge in [-0.1, -0.05) is 36.4 Å². The van der Waals surface area contributed by atoms with Gasteiger partial charge in [-0.2, -0.15) is 0 Å². The van der Waals surface area contributed by atoms with E-state index in [1.54, 1.807) is 12.1 Å². The van der Waals surface area contributed by atoms with E-state index in [2.05, 4.69) is 0 Å². The maximum Gasteiger partial charge on any atom is 0.325 e. The van der Waals surface area contributed by atoms with Crippen LogP contribution in [0.4, 0.5) is 0 Å². The van der Waals surface area contributed by atoms with Crippen LogP contribution in [-0.2, 0) is 9.59 Å². The summed E-state index contributed by atoms with van der Waals surface area (Å²) in [6.07, 6.45) is 0. The van der Waals surface area contributed by atoms with Crippen molar-refractivity contribution in [3.63, 3.8) is 0 Å². The molecule has 0 heterocycles. The Hall–Kier alpha value is -2.36. The molecule has 0 bridgehead atoms. The minimum Gasteiger partial charge on any atom is -0.481 e. The predicted molar refractivity (Wildman–Crippen MR) is 66.4 cm³/mol. The van der Waals surface area contributed by atoms with E-state index in [0.29, 0.717) is 5.75 Å². The van der Waals surface area contributed by atoms with E-state index >= 15 is 0 Å². The number of fused-ring (bicyclic) bond motifs is 1. The van der Waals surface area contributed by atoms with Crippen molar-refractivity contribution in [1.82, 2.24) is 0 Å². The molecule has 0 saturated heterocycles. The summed E-state index contributed by atoms with van der Waals surface area (Å²) in [4.78, 5) is 22.3. The summed E-state index contributed by atoms with van der Waals surface area (Å²) < 4.78 is 5.13. The van der Waals surface area contributed by atoms with Crippen LogP contribution in [0.3, 0.4) is 0 Å². The van der Waals surface area contributed by atoms with Crippen molar-refractivity contribution in [3.8, 4) is 5.75 Å². The lowest BCUT2D eigenvalue weighted by Crippen LogP contribution is -2.25. The third-order valence-electron chi connectivity index (χ3n) is 2.68.